The number of carbonyl (C=O) groups excluding carboxylic acids is 1. The third kappa shape index (κ3) is 3.35. The molecule has 0 spiro atoms. The zero-order valence-corrected chi connectivity index (χ0v) is 11.1. The van der Waals surface area contributed by atoms with Gasteiger partial charge in [0.25, 0.3) is 0 Å². The zero-order valence-electron chi connectivity index (χ0n) is 11.1. The van der Waals surface area contributed by atoms with Crippen LogP contribution in [0.15, 0.2) is 0 Å². The van der Waals surface area contributed by atoms with E-state index in [9.17, 15) is 4.79 Å². The first kappa shape index (κ1) is 12.7. The fourth-order valence-electron chi connectivity index (χ4n) is 2.42. The lowest BCUT2D eigenvalue weighted by Gasteiger charge is -2.31. The summed E-state index contributed by atoms with van der Waals surface area (Å²) in [5.74, 6) is 0.735. The Labute approximate surface area is 104 Å². The molecule has 2 atom stereocenters. The van der Waals surface area contributed by atoms with Crippen molar-refractivity contribution >= 4 is 6.03 Å². The second kappa shape index (κ2) is 5.25. The van der Waals surface area contributed by atoms with Crippen LogP contribution < -0.4 is 5.32 Å². The van der Waals surface area contributed by atoms with E-state index in [1.165, 1.54) is 25.7 Å². The summed E-state index contributed by atoms with van der Waals surface area (Å²) in [5.41, 5.74) is 0. The molecule has 1 N–H and O–H groups in total. The van der Waals surface area contributed by atoms with Gasteiger partial charge in [0.1, 0.15) is 0 Å². The Bertz CT molecular complexity index is 275. The fourth-order valence-corrected chi connectivity index (χ4v) is 2.42. The average Bonchev–Trinajstić information content (AvgIpc) is 3.13. The molecule has 2 aliphatic carbocycles. The zero-order chi connectivity index (χ0) is 12.4. The predicted octanol–water partition coefficient (Wildman–Crippen LogP) is 1.99. The van der Waals surface area contributed by atoms with E-state index in [1.54, 1.807) is 7.11 Å². The van der Waals surface area contributed by atoms with E-state index in [1.807, 2.05) is 6.92 Å². The van der Waals surface area contributed by atoms with Crippen LogP contribution in [-0.4, -0.2) is 42.8 Å². The molecule has 4 heteroatoms. The quantitative estimate of drug-likeness (QED) is 0.771. The molecule has 0 aromatic heterocycles. The number of hydrogen-bond donors (Lipinski definition) is 1. The Hall–Kier alpha value is -0.770. The maximum Gasteiger partial charge on any atom is 0.318 e. The summed E-state index contributed by atoms with van der Waals surface area (Å²) in [7, 11) is 1.66. The highest BCUT2D eigenvalue weighted by Crippen LogP contribution is 2.39. The lowest BCUT2D eigenvalue weighted by molar-refractivity contribution is 0.144. The van der Waals surface area contributed by atoms with Gasteiger partial charge in [-0.2, -0.15) is 0 Å². The molecule has 2 amide bonds. The minimum absolute atomic E-state index is 0.0835. The molecule has 0 radical (unpaired) electrons. The van der Waals surface area contributed by atoms with Crippen LogP contribution in [0.25, 0.3) is 0 Å². The lowest BCUT2D eigenvalue weighted by atomic mass is 10.2. The first-order chi connectivity index (χ1) is 8.13. The van der Waals surface area contributed by atoms with Gasteiger partial charge in [-0.1, -0.05) is 0 Å². The normalized spacial score (nSPS) is 23.0. The highest BCUT2D eigenvalue weighted by molar-refractivity contribution is 5.75. The number of nitrogens with one attached hydrogen (secondary N) is 1. The third-order valence-electron chi connectivity index (χ3n) is 3.70. The third-order valence-corrected chi connectivity index (χ3v) is 3.70. The van der Waals surface area contributed by atoms with Crippen molar-refractivity contribution in [3.8, 4) is 0 Å². The first-order valence-electron chi connectivity index (χ1n) is 6.71. The van der Waals surface area contributed by atoms with E-state index in [0.717, 1.165) is 5.92 Å². The Kier molecular flexibility index (Phi) is 3.92. The number of amides is 2. The van der Waals surface area contributed by atoms with Crippen LogP contribution in [-0.2, 0) is 4.74 Å². The van der Waals surface area contributed by atoms with Gasteiger partial charge in [0.2, 0.25) is 0 Å². The van der Waals surface area contributed by atoms with E-state index in [0.29, 0.717) is 18.7 Å². The summed E-state index contributed by atoms with van der Waals surface area (Å²) >= 11 is 0. The standard InChI is InChI=1S/C13H24N2O2/c1-9(8-17-3)14-13(16)15(12-6-7-12)10(2)11-4-5-11/h9-12H,4-8H2,1-3H3,(H,14,16). The Balaban J connectivity index is 1.88. The molecule has 98 valence electrons. The monoisotopic (exact) mass is 240 g/mol. The molecule has 2 saturated carbocycles. The Morgan fingerprint density at radius 2 is 2.00 bits per heavy atom. The van der Waals surface area contributed by atoms with Gasteiger partial charge in [0, 0.05) is 19.2 Å². The molecule has 0 saturated heterocycles. The molecule has 0 bridgehead atoms. The predicted molar refractivity (Wildman–Crippen MR) is 66.9 cm³/mol. The number of rotatable bonds is 6. The van der Waals surface area contributed by atoms with Crippen LogP contribution in [0.5, 0.6) is 0 Å². The molecular formula is C13H24N2O2. The molecule has 2 fully saturated rings. The van der Waals surface area contributed by atoms with Crippen LogP contribution in [0.3, 0.4) is 0 Å². The highest BCUT2D eigenvalue weighted by atomic mass is 16.5. The second-order valence-corrected chi connectivity index (χ2v) is 5.52. The van der Waals surface area contributed by atoms with E-state index < -0.39 is 0 Å². The average molecular weight is 240 g/mol. The van der Waals surface area contributed by atoms with Crippen LogP contribution in [0.2, 0.25) is 0 Å². The van der Waals surface area contributed by atoms with Crippen LogP contribution in [0.4, 0.5) is 4.79 Å². The van der Waals surface area contributed by atoms with Crippen molar-refractivity contribution in [3.05, 3.63) is 0 Å². The number of urea groups is 1. The molecule has 0 heterocycles. The summed E-state index contributed by atoms with van der Waals surface area (Å²) in [6, 6.07) is 1.06. The summed E-state index contributed by atoms with van der Waals surface area (Å²) in [5, 5.41) is 3.03. The number of ether oxygens (including phenoxy) is 1. The largest absolute Gasteiger partial charge is 0.383 e. The van der Waals surface area contributed by atoms with Crippen molar-refractivity contribution in [1.82, 2.24) is 10.2 Å². The fraction of sp³-hybridized carbons (Fsp3) is 0.923. The Morgan fingerprint density at radius 1 is 1.35 bits per heavy atom. The van der Waals surface area contributed by atoms with E-state index in [2.05, 4.69) is 17.1 Å². The second-order valence-electron chi connectivity index (χ2n) is 5.52. The van der Waals surface area contributed by atoms with E-state index in [4.69, 9.17) is 4.74 Å². The molecule has 2 unspecified atom stereocenters. The molecule has 0 aliphatic heterocycles. The highest BCUT2D eigenvalue weighted by Gasteiger charge is 2.41. The molecule has 2 aliphatic rings. The van der Waals surface area contributed by atoms with Gasteiger partial charge in [-0.15, -0.1) is 0 Å². The Morgan fingerprint density at radius 3 is 2.47 bits per heavy atom. The van der Waals surface area contributed by atoms with Gasteiger partial charge >= 0.3 is 6.03 Å². The maximum absolute atomic E-state index is 12.2. The maximum atomic E-state index is 12.2. The van der Waals surface area contributed by atoms with Gasteiger partial charge in [-0.25, -0.2) is 4.79 Å². The lowest BCUT2D eigenvalue weighted by Crippen LogP contribution is -2.50. The number of methoxy groups -OCH3 is 1. The van der Waals surface area contributed by atoms with Crippen molar-refractivity contribution in [2.45, 2.75) is 57.7 Å². The van der Waals surface area contributed by atoms with Gasteiger partial charge in [0.05, 0.1) is 12.6 Å². The molecule has 0 aromatic carbocycles. The van der Waals surface area contributed by atoms with E-state index in [-0.39, 0.29) is 12.1 Å². The van der Waals surface area contributed by atoms with Crippen LogP contribution >= 0.6 is 0 Å². The van der Waals surface area contributed by atoms with Gasteiger partial charge in [-0.3, -0.25) is 0 Å². The number of nitrogens with zero attached hydrogens (tertiary/aromatic N) is 1. The van der Waals surface area contributed by atoms with Crippen LogP contribution in [0, 0.1) is 5.92 Å². The first-order valence-corrected chi connectivity index (χ1v) is 6.71. The van der Waals surface area contributed by atoms with Crippen molar-refractivity contribution < 1.29 is 9.53 Å². The van der Waals surface area contributed by atoms with Crippen molar-refractivity contribution in [2.24, 2.45) is 5.92 Å². The topological polar surface area (TPSA) is 41.6 Å². The van der Waals surface area contributed by atoms with Crippen LogP contribution in [0.1, 0.15) is 39.5 Å². The van der Waals surface area contributed by atoms with Crippen molar-refractivity contribution in [1.29, 1.82) is 0 Å². The minimum atomic E-state index is 0.0835. The van der Waals surface area contributed by atoms with Gasteiger partial charge in [-0.05, 0) is 45.4 Å². The smallest absolute Gasteiger partial charge is 0.318 e. The SMILES string of the molecule is COCC(C)NC(=O)N(C1CC1)C(C)C1CC1. The number of hydrogen-bond acceptors (Lipinski definition) is 2. The van der Waals surface area contributed by atoms with Crippen molar-refractivity contribution in [3.63, 3.8) is 0 Å². The van der Waals surface area contributed by atoms with E-state index >= 15 is 0 Å². The molecule has 4 nitrogen and oxygen atoms in total. The summed E-state index contributed by atoms with van der Waals surface area (Å²) in [6.45, 7) is 4.74. The molecule has 0 aromatic rings. The molecule has 17 heavy (non-hydrogen) atoms. The molecular weight excluding hydrogens is 216 g/mol. The number of carbonyl (C=O) groups is 1. The minimum Gasteiger partial charge on any atom is -0.383 e. The summed E-state index contributed by atoms with van der Waals surface area (Å²) in [6.07, 6.45) is 4.91. The summed E-state index contributed by atoms with van der Waals surface area (Å²) in [4.78, 5) is 14.3. The van der Waals surface area contributed by atoms with Crippen molar-refractivity contribution in [2.75, 3.05) is 13.7 Å². The summed E-state index contributed by atoms with van der Waals surface area (Å²) < 4.78 is 5.05. The van der Waals surface area contributed by atoms with Gasteiger partial charge in [0.15, 0.2) is 0 Å². The van der Waals surface area contributed by atoms with Gasteiger partial charge < -0.3 is 15.0 Å². The molecule has 2 rings (SSSR count).